The standard InChI is InChI=1S/C26H22ClN5O3/c1-16-19(17(2)32(31-16)14-18-7-3-4-8-21(18)27)11-12-25(34)35-15-24(33)20(13-28)26-29-22-9-5-6-10-23(22)30-26/h3-12,33H,14-15H2,1-2H3,(H,29,30). The molecule has 0 saturated carbocycles. The number of aliphatic hydroxyl groups is 1. The van der Waals surface area contributed by atoms with Crippen molar-refractivity contribution in [3.05, 3.63) is 93.7 Å². The van der Waals surface area contributed by atoms with Crippen LogP contribution >= 0.6 is 11.6 Å². The van der Waals surface area contributed by atoms with Gasteiger partial charge < -0.3 is 14.8 Å². The second-order valence-corrected chi connectivity index (χ2v) is 8.22. The number of aromatic nitrogens is 4. The third-order valence-corrected chi connectivity index (χ3v) is 5.85. The number of aliphatic hydroxyl groups excluding tert-OH is 1. The lowest BCUT2D eigenvalue weighted by atomic mass is 10.1. The molecular weight excluding hydrogens is 466 g/mol. The topological polar surface area (TPSA) is 117 Å². The predicted octanol–water partition coefficient (Wildman–Crippen LogP) is 5.13. The smallest absolute Gasteiger partial charge is 0.331 e. The first-order valence-electron chi connectivity index (χ1n) is 10.8. The highest BCUT2D eigenvalue weighted by Crippen LogP contribution is 2.21. The number of nitrogens with zero attached hydrogens (tertiary/aromatic N) is 4. The van der Waals surface area contributed by atoms with Crippen LogP contribution in [0.5, 0.6) is 0 Å². The molecular formula is C26H22ClN5O3. The fraction of sp³-hybridized carbons (Fsp3) is 0.154. The molecule has 0 radical (unpaired) electrons. The summed E-state index contributed by atoms with van der Waals surface area (Å²) in [7, 11) is 0. The van der Waals surface area contributed by atoms with E-state index >= 15 is 0 Å². The number of esters is 1. The van der Waals surface area contributed by atoms with Crippen LogP contribution in [0.3, 0.4) is 0 Å². The largest absolute Gasteiger partial charge is 0.507 e. The van der Waals surface area contributed by atoms with Gasteiger partial charge in [0.15, 0.2) is 11.6 Å². The van der Waals surface area contributed by atoms with E-state index in [0.29, 0.717) is 17.1 Å². The fourth-order valence-corrected chi connectivity index (χ4v) is 3.83. The highest BCUT2D eigenvalue weighted by molar-refractivity contribution is 6.31. The van der Waals surface area contributed by atoms with Gasteiger partial charge in [0.2, 0.25) is 0 Å². The van der Waals surface area contributed by atoms with E-state index in [-0.39, 0.29) is 11.4 Å². The minimum absolute atomic E-state index is 0.0921. The van der Waals surface area contributed by atoms with Crippen molar-refractivity contribution >= 4 is 40.3 Å². The van der Waals surface area contributed by atoms with Gasteiger partial charge in [0.1, 0.15) is 18.2 Å². The van der Waals surface area contributed by atoms with E-state index in [1.165, 1.54) is 6.08 Å². The van der Waals surface area contributed by atoms with E-state index in [4.69, 9.17) is 16.3 Å². The third-order valence-electron chi connectivity index (χ3n) is 5.48. The molecule has 176 valence electrons. The van der Waals surface area contributed by atoms with Gasteiger partial charge in [0, 0.05) is 22.4 Å². The molecule has 0 atom stereocenters. The molecule has 4 rings (SSSR count). The monoisotopic (exact) mass is 487 g/mol. The number of nitrogens with one attached hydrogen (secondary N) is 1. The molecule has 8 nitrogen and oxygen atoms in total. The molecule has 0 aliphatic carbocycles. The molecule has 2 aromatic heterocycles. The summed E-state index contributed by atoms with van der Waals surface area (Å²) in [5.74, 6) is -0.862. The summed E-state index contributed by atoms with van der Waals surface area (Å²) in [6, 6.07) is 16.7. The number of aromatic amines is 1. The van der Waals surface area contributed by atoms with Crippen LogP contribution in [-0.4, -0.2) is 37.4 Å². The first kappa shape index (κ1) is 23.8. The van der Waals surface area contributed by atoms with E-state index in [1.807, 2.05) is 67.1 Å². The minimum Gasteiger partial charge on any atom is -0.507 e. The number of hydrogen-bond donors (Lipinski definition) is 2. The van der Waals surface area contributed by atoms with Crippen LogP contribution < -0.4 is 0 Å². The van der Waals surface area contributed by atoms with Crippen LogP contribution in [0.15, 0.2) is 60.4 Å². The molecule has 2 N–H and O–H groups in total. The van der Waals surface area contributed by atoms with Gasteiger partial charge >= 0.3 is 5.97 Å². The van der Waals surface area contributed by atoms with Crippen LogP contribution in [0, 0.1) is 25.2 Å². The van der Waals surface area contributed by atoms with Crippen molar-refractivity contribution < 1.29 is 14.6 Å². The Hall–Kier alpha value is -4.35. The molecule has 2 heterocycles. The molecule has 0 bridgehead atoms. The molecule has 0 spiro atoms. The van der Waals surface area contributed by atoms with E-state index in [2.05, 4.69) is 15.1 Å². The summed E-state index contributed by atoms with van der Waals surface area (Å²) in [5.41, 5.74) is 4.63. The summed E-state index contributed by atoms with van der Waals surface area (Å²) in [5, 5.41) is 25.0. The Morgan fingerprint density at radius 3 is 2.71 bits per heavy atom. The molecule has 0 unspecified atom stereocenters. The molecule has 0 aliphatic heterocycles. The van der Waals surface area contributed by atoms with Crippen molar-refractivity contribution in [1.82, 2.24) is 19.7 Å². The highest BCUT2D eigenvalue weighted by Gasteiger charge is 2.15. The number of carbonyl (C=O) groups excluding carboxylic acids is 1. The first-order chi connectivity index (χ1) is 16.9. The Bertz CT molecular complexity index is 1470. The zero-order chi connectivity index (χ0) is 24.9. The molecule has 2 aromatic carbocycles. The maximum atomic E-state index is 12.3. The van der Waals surface area contributed by atoms with Gasteiger partial charge in [-0.3, -0.25) is 4.68 Å². The quantitative estimate of drug-likeness (QED) is 0.161. The number of para-hydroxylation sites is 2. The lowest BCUT2D eigenvalue weighted by Gasteiger charge is -2.06. The number of carbonyl (C=O) groups is 1. The molecule has 0 aliphatic rings. The van der Waals surface area contributed by atoms with Crippen molar-refractivity contribution in [3.63, 3.8) is 0 Å². The van der Waals surface area contributed by atoms with Crippen LogP contribution in [0.25, 0.3) is 22.7 Å². The van der Waals surface area contributed by atoms with Crippen molar-refractivity contribution in [3.8, 4) is 6.07 Å². The number of hydrogen-bond acceptors (Lipinski definition) is 6. The molecule has 0 amide bonds. The molecule has 35 heavy (non-hydrogen) atoms. The SMILES string of the molecule is Cc1nn(Cc2ccccc2Cl)c(C)c1C=CC(=O)OCC(O)=C(C#N)c1nc2ccccc2[nH]1. The van der Waals surface area contributed by atoms with Crippen LogP contribution in [0.4, 0.5) is 0 Å². The Morgan fingerprint density at radius 2 is 1.97 bits per heavy atom. The number of ether oxygens (including phenoxy) is 1. The lowest BCUT2D eigenvalue weighted by molar-refractivity contribution is -0.137. The van der Waals surface area contributed by atoms with Crippen molar-refractivity contribution in [2.75, 3.05) is 6.61 Å². The number of halogens is 1. The second kappa shape index (κ2) is 10.3. The van der Waals surface area contributed by atoms with Gasteiger partial charge in [-0.25, -0.2) is 9.78 Å². The van der Waals surface area contributed by atoms with Crippen molar-refractivity contribution in [2.45, 2.75) is 20.4 Å². The van der Waals surface area contributed by atoms with E-state index in [1.54, 1.807) is 12.1 Å². The van der Waals surface area contributed by atoms with Gasteiger partial charge in [-0.05, 0) is 43.7 Å². The Morgan fingerprint density at radius 1 is 1.23 bits per heavy atom. The van der Waals surface area contributed by atoms with Crippen molar-refractivity contribution in [2.24, 2.45) is 0 Å². The maximum absolute atomic E-state index is 12.3. The highest BCUT2D eigenvalue weighted by atomic mass is 35.5. The third kappa shape index (κ3) is 5.26. The predicted molar refractivity (Wildman–Crippen MR) is 134 cm³/mol. The number of H-pyrrole nitrogens is 1. The van der Waals surface area contributed by atoms with E-state index in [9.17, 15) is 15.2 Å². The van der Waals surface area contributed by atoms with Crippen molar-refractivity contribution in [1.29, 1.82) is 5.26 Å². The number of aryl methyl sites for hydroxylation is 1. The van der Waals surface area contributed by atoms with Gasteiger partial charge in [0.05, 0.1) is 23.3 Å². The Balaban J connectivity index is 1.44. The average Bonchev–Trinajstić information content (AvgIpc) is 3.38. The lowest BCUT2D eigenvalue weighted by Crippen LogP contribution is -2.06. The summed E-state index contributed by atoms with van der Waals surface area (Å²) < 4.78 is 6.95. The molecule has 4 aromatic rings. The Kier molecular flexibility index (Phi) is 6.99. The number of imidazole rings is 1. The van der Waals surface area contributed by atoms with Gasteiger partial charge in [-0.15, -0.1) is 0 Å². The fourth-order valence-electron chi connectivity index (χ4n) is 3.63. The summed E-state index contributed by atoms with van der Waals surface area (Å²) in [6.45, 7) is 3.79. The zero-order valence-electron chi connectivity index (χ0n) is 19.1. The minimum atomic E-state index is -0.670. The first-order valence-corrected chi connectivity index (χ1v) is 11.1. The number of benzene rings is 2. The summed E-state index contributed by atoms with van der Waals surface area (Å²) >= 11 is 6.26. The van der Waals surface area contributed by atoms with E-state index < -0.39 is 18.3 Å². The number of fused-ring (bicyclic) bond motifs is 1. The average molecular weight is 488 g/mol. The van der Waals surface area contributed by atoms with Crippen LogP contribution in [0.1, 0.15) is 28.3 Å². The molecule has 0 saturated heterocycles. The van der Waals surface area contributed by atoms with Gasteiger partial charge in [-0.1, -0.05) is 41.9 Å². The van der Waals surface area contributed by atoms with E-state index in [0.717, 1.165) is 28.0 Å². The Labute approximate surface area is 206 Å². The zero-order valence-corrected chi connectivity index (χ0v) is 19.9. The van der Waals surface area contributed by atoms with Gasteiger partial charge in [0.25, 0.3) is 0 Å². The molecule has 0 fully saturated rings. The normalized spacial score (nSPS) is 12.1. The van der Waals surface area contributed by atoms with Crippen LogP contribution in [0.2, 0.25) is 5.02 Å². The number of nitriles is 1. The van der Waals surface area contributed by atoms with Gasteiger partial charge in [-0.2, -0.15) is 10.4 Å². The molecule has 9 heteroatoms. The maximum Gasteiger partial charge on any atom is 0.331 e. The van der Waals surface area contributed by atoms with Crippen LogP contribution in [-0.2, 0) is 16.1 Å². The number of rotatable bonds is 7. The second-order valence-electron chi connectivity index (χ2n) is 7.81. The number of allylic oxidation sites excluding steroid dienone is 1. The summed E-state index contributed by atoms with van der Waals surface area (Å²) in [4.78, 5) is 19.6. The summed E-state index contributed by atoms with van der Waals surface area (Å²) in [6.07, 6.45) is 2.88.